The van der Waals surface area contributed by atoms with Crippen LogP contribution in [0.3, 0.4) is 0 Å². The lowest BCUT2D eigenvalue weighted by atomic mass is 10.1. The van der Waals surface area contributed by atoms with Gasteiger partial charge in [-0.15, -0.1) is 0 Å². The number of carbonyl (C=O) groups is 1. The zero-order chi connectivity index (χ0) is 19.0. The van der Waals surface area contributed by atoms with Crippen molar-refractivity contribution in [1.29, 1.82) is 0 Å². The molecule has 0 bridgehead atoms. The summed E-state index contributed by atoms with van der Waals surface area (Å²) in [6.07, 6.45) is 0.899. The number of furan rings is 1. The summed E-state index contributed by atoms with van der Waals surface area (Å²) < 4.78 is 6.40. The largest absolute Gasteiger partial charge is 0.449 e. The van der Waals surface area contributed by atoms with Gasteiger partial charge >= 0.3 is 5.69 Å². The minimum Gasteiger partial charge on any atom is -0.449 e. The average Bonchev–Trinajstić information content (AvgIpc) is 3.04. The molecule has 4 rings (SSSR count). The molecule has 0 aliphatic heterocycles. The van der Waals surface area contributed by atoms with Gasteiger partial charge in [0.25, 0.3) is 5.56 Å². The van der Waals surface area contributed by atoms with Crippen LogP contribution in [0.25, 0.3) is 22.1 Å². The maximum Gasteiger partial charge on any atom is 0.329 e. The monoisotopic (exact) mass is 363 g/mol. The summed E-state index contributed by atoms with van der Waals surface area (Å²) in [7, 11) is 0. The third kappa shape index (κ3) is 3.03. The van der Waals surface area contributed by atoms with Crippen LogP contribution in [0, 0.1) is 0 Å². The number of hydrogen-bond acceptors (Lipinski definition) is 4. The van der Waals surface area contributed by atoms with Gasteiger partial charge in [0.1, 0.15) is 17.6 Å². The van der Waals surface area contributed by atoms with Crippen LogP contribution in [0.1, 0.15) is 12.5 Å². The molecular weight excluding hydrogens is 346 g/mol. The Bertz CT molecular complexity index is 1260. The number of amides is 1. The molecule has 0 spiro atoms. The van der Waals surface area contributed by atoms with Crippen molar-refractivity contribution in [3.8, 4) is 0 Å². The molecule has 2 aromatic heterocycles. The topological polar surface area (TPSA) is 97.1 Å². The first-order valence-corrected chi connectivity index (χ1v) is 8.60. The smallest absolute Gasteiger partial charge is 0.329 e. The third-order valence-electron chi connectivity index (χ3n) is 4.46. The highest BCUT2D eigenvalue weighted by molar-refractivity contribution is 6.01. The summed E-state index contributed by atoms with van der Waals surface area (Å²) in [5.41, 5.74) is 1.32. The average molecular weight is 363 g/mol. The fourth-order valence-corrected chi connectivity index (χ4v) is 3.02. The van der Waals surface area contributed by atoms with Gasteiger partial charge in [-0.2, -0.15) is 0 Å². The van der Waals surface area contributed by atoms with E-state index in [0.29, 0.717) is 22.2 Å². The summed E-state index contributed by atoms with van der Waals surface area (Å²) >= 11 is 0. The van der Waals surface area contributed by atoms with Gasteiger partial charge in [0, 0.05) is 11.1 Å². The number of aryl methyl sites for hydroxylation is 1. The number of H-pyrrole nitrogens is 1. The molecule has 136 valence electrons. The molecule has 0 unspecified atom stereocenters. The molecule has 4 aromatic rings. The van der Waals surface area contributed by atoms with Gasteiger partial charge in [-0.1, -0.05) is 31.2 Å². The van der Waals surface area contributed by atoms with Crippen LogP contribution in [0.4, 0.5) is 5.69 Å². The predicted octanol–water partition coefficient (Wildman–Crippen LogP) is 2.64. The number of fused-ring (bicyclic) bond motifs is 3. The molecular formula is C20H17N3O4. The normalized spacial score (nSPS) is 11.1. The Morgan fingerprint density at radius 3 is 2.59 bits per heavy atom. The Balaban J connectivity index is 1.66. The van der Waals surface area contributed by atoms with Crippen molar-refractivity contribution in [3.05, 3.63) is 74.9 Å². The second kappa shape index (κ2) is 6.60. The van der Waals surface area contributed by atoms with Crippen molar-refractivity contribution < 1.29 is 9.21 Å². The van der Waals surface area contributed by atoms with Crippen molar-refractivity contribution in [1.82, 2.24) is 9.55 Å². The Morgan fingerprint density at radius 2 is 1.85 bits per heavy atom. The van der Waals surface area contributed by atoms with Crippen molar-refractivity contribution >= 4 is 33.7 Å². The lowest BCUT2D eigenvalue weighted by molar-refractivity contribution is -0.116. The molecule has 0 atom stereocenters. The second-order valence-electron chi connectivity index (χ2n) is 6.22. The number of aromatic nitrogens is 2. The van der Waals surface area contributed by atoms with E-state index in [0.717, 1.165) is 16.6 Å². The van der Waals surface area contributed by atoms with Crippen molar-refractivity contribution in [2.45, 2.75) is 19.9 Å². The van der Waals surface area contributed by atoms with Crippen LogP contribution >= 0.6 is 0 Å². The first kappa shape index (κ1) is 16.8. The standard InChI is InChI=1S/C20H17N3O4/c1-2-12-7-9-13(10-8-12)21-16(24)11-23-19(25)18-17(22-20(23)26)14-5-3-4-6-15(14)27-18/h3-10H,2,11H2,1H3,(H,21,24)(H,22,26). The molecule has 7 nitrogen and oxygen atoms in total. The van der Waals surface area contributed by atoms with Gasteiger partial charge in [-0.05, 0) is 36.2 Å². The van der Waals surface area contributed by atoms with Gasteiger partial charge in [-0.3, -0.25) is 9.59 Å². The summed E-state index contributed by atoms with van der Waals surface area (Å²) in [6, 6.07) is 14.4. The van der Waals surface area contributed by atoms with Gasteiger partial charge < -0.3 is 14.7 Å². The number of nitrogens with one attached hydrogen (secondary N) is 2. The molecule has 0 fully saturated rings. The molecule has 7 heteroatoms. The summed E-state index contributed by atoms with van der Waals surface area (Å²) in [5.74, 6) is -0.470. The first-order valence-electron chi connectivity index (χ1n) is 8.60. The van der Waals surface area contributed by atoms with Crippen LogP contribution in [0.5, 0.6) is 0 Å². The molecule has 2 heterocycles. The van der Waals surface area contributed by atoms with E-state index in [1.54, 1.807) is 36.4 Å². The quantitative estimate of drug-likeness (QED) is 0.582. The molecule has 0 saturated carbocycles. The number of aromatic amines is 1. The lowest BCUT2D eigenvalue weighted by Gasteiger charge is -2.07. The van der Waals surface area contributed by atoms with E-state index in [1.165, 1.54) is 0 Å². The Hall–Kier alpha value is -3.61. The first-order chi connectivity index (χ1) is 13.1. The fourth-order valence-electron chi connectivity index (χ4n) is 3.02. The van der Waals surface area contributed by atoms with Gasteiger partial charge in [-0.25, -0.2) is 9.36 Å². The molecule has 1 amide bonds. The number of nitrogens with zero attached hydrogens (tertiary/aromatic N) is 1. The Kier molecular flexibility index (Phi) is 4.12. The van der Waals surface area contributed by atoms with Crippen molar-refractivity contribution in [2.24, 2.45) is 0 Å². The van der Waals surface area contributed by atoms with E-state index >= 15 is 0 Å². The SMILES string of the molecule is CCc1ccc(NC(=O)Cn2c(=O)[nH]c3c(oc4ccccc43)c2=O)cc1. The second-order valence-corrected chi connectivity index (χ2v) is 6.22. The van der Waals surface area contributed by atoms with E-state index in [2.05, 4.69) is 10.3 Å². The van der Waals surface area contributed by atoms with E-state index in [9.17, 15) is 14.4 Å². The molecule has 2 N–H and O–H groups in total. The number of anilines is 1. The van der Waals surface area contributed by atoms with Crippen LogP contribution in [-0.2, 0) is 17.8 Å². The van der Waals surface area contributed by atoms with Gasteiger partial charge in [0.05, 0.1) is 0 Å². The molecule has 27 heavy (non-hydrogen) atoms. The zero-order valence-corrected chi connectivity index (χ0v) is 14.6. The molecule has 2 aromatic carbocycles. The Labute approximate surface area is 153 Å². The highest BCUT2D eigenvalue weighted by Crippen LogP contribution is 2.23. The van der Waals surface area contributed by atoms with E-state index in [1.807, 2.05) is 19.1 Å². The maximum atomic E-state index is 12.7. The van der Waals surface area contributed by atoms with E-state index < -0.39 is 23.7 Å². The Morgan fingerprint density at radius 1 is 1.11 bits per heavy atom. The van der Waals surface area contributed by atoms with Crippen LogP contribution in [0.2, 0.25) is 0 Å². The number of rotatable bonds is 4. The third-order valence-corrected chi connectivity index (χ3v) is 4.46. The van der Waals surface area contributed by atoms with E-state index in [-0.39, 0.29) is 5.58 Å². The maximum absolute atomic E-state index is 12.7. The number of para-hydroxylation sites is 1. The fraction of sp³-hybridized carbons (Fsp3) is 0.150. The van der Waals surface area contributed by atoms with Crippen LogP contribution < -0.4 is 16.6 Å². The molecule has 0 radical (unpaired) electrons. The number of benzene rings is 2. The zero-order valence-electron chi connectivity index (χ0n) is 14.6. The lowest BCUT2D eigenvalue weighted by Crippen LogP contribution is -2.38. The number of carbonyl (C=O) groups excluding carboxylic acids is 1. The minimum absolute atomic E-state index is 0.0240. The number of hydrogen-bond donors (Lipinski definition) is 2. The highest BCUT2D eigenvalue weighted by atomic mass is 16.3. The van der Waals surface area contributed by atoms with Crippen LogP contribution in [0.15, 0.2) is 62.5 Å². The highest BCUT2D eigenvalue weighted by Gasteiger charge is 2.16. The van der Waals surface area contributed by atoms with Crippen LogP contribution in [-0.4, -0.2) is 15.5 Å². The summed E-state index contributed by atoms with van der Waals surface area (Å²) in [5, 5.41) is 3.34. The van der Waals surface area contributed by atoms with Crippen molar-refractivity contribution in [2.75, 3.05) is 5.32 Å². The molecule has 0 aliphatic carbocycles. The summed E-state index contributed by atoms with van der Waals surface area (Å²) in [4.78, 5) is 39.9. The van der Waals surface area contributed by atoms with Gasteiger partial charge in [0.15, 0.2) is 0 Å². The van der Waals surface area contributed by atoms with Gasteiger partial charge in [0.2, 0.25) is 11.5 Å². The molecule has 0 saturated heterocycles. The summed E-state index contributed by atoms with van der Waals surface area (Å²) in [6.45, 7) is 1.64. The van der Waals surface area contributed by atoms with E-state index in [4.69, 9.17) is 4.42 Å². The predicted molar refractivity (Wildman–Crippen MR) is 103 cm³/mol. The minimum atomic E-state index is -0.657. The molecule has 0 aliphatic rings. The van der Waals surface area contributed by atoms with Crippen molar-refractivity contribution in [3.63, 3.8) is 0 Å².